The maximum absolute atomic E-state index is 2.55. The van der Waals surface area contributed by atoms with Crippen molar-refractivity contribution in [1.29, 1.82) is 0 Å². The average molecular weight is 523 g/mol. The van der Waals surface area contributed by atoms with Gasteiger partial charge in [-0.15, -0.1) is 0 Å². The number of hydrogen-bond donors (Lipinski definition) is 0. The molecular weight excluding hydrogens is 496 g/mol. The van der Waals surface area contributed by atoms with E-state index in [0.717, 1.165) is 22.9 Å². The SMILES string of the molecule is CC1(C)[C@H]2CC=C(C[N+](C)(C)Cc3cccc(I)c3)[C@@H]1C2.[I-]. The Labute approximate surface area is 166 Å². The van der Waals surface area contributed by atoms with Crippen molar-refractivity contribution in [3.63, 3.8) is 0 Å². The van der Waals surface area contributed by atoms with E-state index in [0.29, 0.717) is 5.41 Å². The quantitative estimate of drug-likeness (QED) is 0.322. The normalized spacial score (nSPS) is 25.8. The molecule has 2 atom stereocenters. The zero-order valence-corrected chi connectivity index (χ0v) is 18.4. The highest BCUT2D eigenvalue weighted by Crippen LogP contribution is 2.59. The summed E-state index contributed by atoms with van der Waals surface area (Å²) in [6.45, 7) is 7.26. The molecule has 3 heteroatoms. The van der Waals surface area contributed by atoms with Gasteiger partial charge in [-0.1, -0.05) is 32.1 Å². The second-order valence-electron chi connectivity index (χ2n) is 8.20. The van der Waals surface area contributed by atoms with Crippen LogP contribution in [0.2, 0.25) is 0 Å². The van der Waals surface area contributed by atoms with Crippen molar-refractivity contribution < 1.29 is 28.5 Å². The molecule has 0 aromatic heterocycles. The summed E-state index contributed by atoms with van der Waals surface area (Å²) in [7, 11) is 4.75. The van der Waals surface area contributed by atoms with Crippen molar-refractivity contribution in [2.24, 2.45) is 17.3 Å². The Morgan fingerprint density at radius 1 is 1.23 bits per heavy atom. The van der Waals surface area contributed by atoms with Crippen LogP contribution in [0.4, 0.5) is 0 Å². The first-order chi connectivity index (χ1) is 9.78. The van der Waals surface area contributed by atoms with E-state index in [1.54, 1.807) is 5.57 Å². The van der Waals surface area contributed by atoms with Gasteiger partial charge in [0.05, 0.1) is 14.1 Å². The molecule has 1 saturated carbocycles. The fourth-order valence-corrected chi connectivity index (χ4v) is 4.94. The Balaban J connectivity index is 0.00000176. The van der Waals surface area contributed by atoms with Crippen molar-refractivity contribution in [1.82, 2.24) is 0 Å². The summed E-state index contributed by atoms with van der Waals surface area (Å²) < 4.78 is 2.40. The van der Waals surface area contributed by atoms with Crippen molar-refractivity contribution in [3.05, 3.63) is 45.0 Å². The fraction of sp³-hybridized carbons (Fsp3) is 0.579. The van der Waals surface area contributed by atoms with Crippen molar-refractivity contribution in [2.45, 2.75) is 33.2 Å². The molecule has 0 heterocycles. The Bertz CT molecular complexity index is 575. The number of allylic oxidation sites excluding steroid dienone is 1. The highest BCUT2D eigenvalue weighted by molar-refractivity contribution is 14.1. The molecule has 0 radical (unpaired) electrons. The van der Waals surface area contributed by atoms with Crippen molar-refractivity contribution in [2.75, 3.05) is 20.6 Å². The molecule has 0 amide bonds. The molecule has 1 aromatic carbocycles. The number of rotatable bonds is 4. The van der Waals surface area contributed by atoms with Crippen molar-refractivity contribution in [3.8, 4) is 0 Å². The van der Waals surface area contributed by atoms with E-state index in [2.05, 4.69) is 80.9 Å². The first-order valence-corrected chi connectivity index (χ1v) is 9.11. The second-order valence-corrected chi connectivity index (χ2v) is 9.45. The largest absolute Gasteiger partial charge is 1.00 e. The van der Waals surface area contributed by atoms with E-state index in [9.17, 15) is 0 Å². The molecule has 3 aliphatic rings. The molecule has 0 spiro atoms. The molecule has 0 saturated heterocycles. The summed E-state index contributed by atoms with van der Waals surface area (Å²) >= 11 is 2.41. The minimum atomic E-state index is 0. The van der Waals surface area contributed by atoms with Gasteiger partial charge >= 0.3 is 0 Å². The summed E-state index contributed by atoms with van der Waals surface area (Å²) in [6.07, 6.45) is 5.29. The maximum atomic E-state index is 2.55. The number of benzene rings is 1. The third-order valence-corrected chi connectivity index (χ3v) is 6.36. The van der Waals surface area contributed by atoms with Gasteiger partial charge in [0, 0.05) is 9.13 Å². The van der Waals surface area contributed by atoms with Gasteiger partial charge in [0.15, 0.2) is 0 Å². The highest BCUT2D eigenvalue weighted by atomic mass is 127. The lowest BCUT2D eigenvalue weighted by Crippen LogP contribution is -3.00. The Hall–Kier alpha value is 0.380. The molecule has 22 heavy (non-hydrogen) atoms. The zero-order chi connectivity index (χ0) is 15.3. The van der Waals surface area contributed by atoms with Crippen LogP contribution >= 0.6 is 22.6 Å². The van der Waals surface area contributed by atoms with Crippen LogP contribution in [0.1, 0.15) is 32.3 Å². The number of halogens is 2. The van der Waals surface area contributed by atoms with Gasteiger partial charge in [-0.25, -0.2) is 0 Å². The standard InChI is InChI=1S/C19H27IN.HI/c1-19(2)16-9-8-15(18(19)11-16)13-21(3,4)12-14-6-5-7-17(20)10-14;/h5-8,10,16,18H,9,11-13H2,1-4H3;1H/q+1;/p-1/t16-,18-;/m0./s1. The van der Waals surface area contributed by atoms with E-state index >= 15 is 0 Å². The van der Waals surface area contributed by atoms with Crippen LogP contribution in [0.15, 0.2) is 35.9 Å². The molecule has 0 unspecified atom stereocenters. The summed E-state index contributed by atoms with van der Waals surface area (Å²) in [5, 5.41) is 0. The smallest absolute Gasteiger partial charge is 0.104 e. The van der Waals surface area contributed by atoms with Gasteiger partial charge in [-0.2, -0.15) is 0 Å². The molecule has 2 bridgehead atoms. The van der Waals surface area contributed by atoms with Gasteiger partial charge in [0.1, 0.15) is 13.1 Å². The monoisotopic (exact) mass is 523 g/mol. The third-order valence-electron chi connectivity index (χ3n) is 5.69. The van der Waals surface area contributed by atoms with Crippen LogP contribution in [0.25, 0.3) is 0 Å². The van der Waals surface area contributed by atoms with Crippen LogP contribution < -0.4 is 24.0 Å². The lowest BCUT2D eigenvalue weighted by molar-refractivity contribution is -0.899. The molecule has 122 valence electrons. The minimum absolute atomic E-state index is 0. The summed E-state index contributed by atoms with van der Waals surface area (Å²) in [6, 6.07) is 8.93. The van der Waals surface area contributed by atoms with E-state index in [1.165, 1.54) is 28.5 Å². The molecular formula is C19H27I2N. The fourth-order valence-electron chi connectivity index (χ4n) is 4.34. The summed E-state index contributed by atoms with van der Waals surface area (Å²) in [5.41, 5.74) is 3.72. The highest BCUT2D eigenvalue weighted by Gasteiger charge is 2.52. The molecule has 1 nitrogen and oxygen atoms in total. The minimum Gasteiger partial charge on any atom is -1.00 e. The topological polar surface area (TPSA) is 0 Å². The zero-order valence-electron chi connectivity index (χ0n) is 14.1. The molecule has 3 aliphatic carbocycles. The van der Waals surface area contributed by atoms with Crippen LogP contribution in [-0.2, 0) is 6.54 Å². The lowest BCUT2D eigenvalue weighted by Gasteiger charge is -2.57. The van der Waals surface area contributed by atoms with Crippen LogP contribution in [0.3, 0.4) is 0 Å². The first-order valence-electron chi connectivity index (χ1n) is 8.03. The number of fused-ring (bicyclic) bond motifs is 1. The van der Waals surface area contributed by atoms with E-state index in [1.807, 2.05) is 0 Å². The Kier molecular flexibility index (Phi) is 5.71. The van der Waals surface area contributed by atoms with E-state index in [-0.39, 0.29) is 24.0 Å². The Morgan fingerprint density at radius 2 is 1.95 bits per heavy atom. The number of nitrogens with zero attached hydrogens (tertiary/aromatic N) is 1. The van der Waals surface area contributed by atoms with Gasteiger partial charge in [-0.3, -0.25) is 0 Å². The molecule has 4 rings (SSSR count). The van der Waals surface area contributed by atoms with Gasteiger partial charge in [0.2, 0.25) is 0 Å². The maximum Gasteiger partial charge on any atom is 0.104 e. The van der Waals surface area contributed by atoms with E-state index < -0.39 is 0 Å². The van der Waals surface area contributed by atoms with Gasteiger partial charge in [0.25, 0.3) is 0 Å². The van der Waals surface area contributed by atoms with Crippen LogP contribution in [0, 0.1) is 20.8 Å². The van der Waals surface area contributed by atoms with Crippen LogP contribution in [-0.4, -0.2) is 25.1 Å². The predicted molar refractivity (Wildman–Crippen MR) is 97.9 cm³/mol. The average Bonchev–Trinajstić information content (AvgIpc) is 2.37. The van der Waals surface area contributed by atoms with Crippen LogP contribution in [0.5, 0.6) is 0 Å². The Morgan fingerprint density at radius 3 is 2.55 bits per heavy atom. The summed E-state index contributed by atoms with van der Waals surface area (Å²) in [4.78, 5) is 0. The molecule has 0 N–H and O–H groups in total. The van der Waals surface area contributed by atoms with Crippen molar-refractivity contribution >= 4 is 22.6 Å². The number of quaternary nitrogens is 1. The lowest BCUT2D eigenvalue weighted by atomic mass is 9.49. The first kappa shape index (κ1) is 18.7. The predicted octanol–water partition coefficient (Wildman–Crippen LogP) is 1.86. The number of hydrogen-bond acceptors (Lipinski definition) is 0. The molecule has 1 aromatic rings. The van der Waals surface area contributed by atoms with Gasteiger partial charge < -0.3 is 28.5 Å². The second kappa shape index (κ2) is 6.71. The number of likely N-dealkylation sites (N-methyl/N-ethyl adjacent to an activating group) is 1. The summed E-state index contributed by atoms with van der Waals surface area (Å²) in [5.74, 6) is 1.78. The van der Waals surface area contributed by atoms with Gasteiger partial charge in [-0.05, 0) is 70.4 Å². The third kappa shape index (κ3) is 3.72. The molecule has 0 aliphatic heterocycles. The molecule has 1 fully saturated rings. The van der Waals surface area contributed by atoms with E-state index in [4.69, 9.17) is 0 Å².